The molecule has 0 amide bonds. The maximum absolute atomic E-state index is 12.4. The highest BCUT2D eigenvalue weighted by Crippen LogP contribution is 2.26. The quantitative estimate of drug-likeness (QED) is 0.853. The van der Waals surface area contributed by atoms with E-state index in [0.717, 1.165) is 12.8 Å². The van der Waals surface area contributed by atoms with E-state index in [1.807, 2.05) is 0 Å². The Hall–Kier alpha value is -0.580. The van der Waals surface area contributed by atoms with E-state index in [1.54, 1.807) is 25.2 Å². The lowest BCUT2D eigenvalue weighted by molar-refractivity contribution is 0.300. The van der Waals surface area contributed by atoms with Crippen LogP contribution in [0.2, 0.25) is 5.02 Å². The highest BCUT2D eigenvalue weighted by atomic mass is 35.5. The second-order valence-corrected chi connectivity index (χ2v) is 7.73. The van der Waals surface area contributed by atoms with Gasteiger partial charge in [0.25, 0.3) is 0 Å². The van der Waals surface area contributed by atoms with E-state index in [4.69, 9.17) is 11.6 Å². The van der Waals surface area contributed by atoms with Gasteiger partial charge >= 0.3 is 0 Å². The molecule has 1 saturated carbocycles. The summed E-state index contributed by atoms with van der Waals surface area (Å²) in [6.45, 7) is 0.606. The number of benzene rings is 1. The number of sulfonamides is 1. The topological polar surface area (TPSA) is 37.4 Å². The summed E-state index contributed by atoms with van der Waals surface area (Å²) in [5.41, 5.74) is 0. The minimum atomic E-state index is -3.41. The van der Waals surface area contributed by atoms with Gasteiger partial charge in [-0.25, -0.2) is 12.7 Å². The van der Waals surface area contributed by atoms with E-state index >= 15 is 0 Å². The van der Waals surface area contributed by atoms with Crippen LogP contribution in [0.5, 0.6) is 0 Å². The average Bonchev–Trinajstić information content (AvgIpc) is 2.40. The van der Waals surface area contributed by atoms with Crippen LogP contribution in [0.3, 0.4) is 0 Å². The maximum Gasteiger partial charge on any atom is 0.242 e. The van der Waals surface area contributed by atoms with E-state index in [1.165, 1.54) is 29.6 Å². The van der Waals surface area contributed by atoms with E-state index < -0.39 is 10.0 Å². The molecule has 1 aliphatic rings. The smallest absolute Gasteiger partial charge is 0.207 e. The van der Waals surface area contributed by atoms with Gasteiger partial charge in [-0.05, 0) is 37.0 Å². The minimum absolute atomic E-state index is 0.276. The Kier molecular flexibility index (Phi) is 4.87. The van der Waals surface area contributed by atoms with Gasteiger partial charge in [0, 0.05) is 18.6 Å². The predicted octanol–water partition coefficient (Wildman–Crippen LogP) is 3.54. The predicted molar refractivity (Wildman–Crippen MR) is 77.8 cm³/mol. The molecule has 0 saturated heterocycles. The van der Waals surface area contributed by atoms with Crippen molar-refractivity contribution in [2.45, 2.75) is 37.0 Å². The van der Waals surface area contributed by atoms with Crippen molar-refractivity contribution in [1.82, 2.24) is 4.31 Å². The molecule has 2 rings (SSSR count). The summed E-state index contributed by atoms with van der Waals surface area (Å²) in [5.74, 6) is 0.493. The highest BCUT2D eigenvalue weighted by Gasteiger charge is 2.24. The fourth-order valence-corrected chi connectivity index (χ4v) is 4.19. The third kappa shape index (κ3) is 3.71. The lowest BCUT2D eigenvalue weighted by Crippen LogP contribution is -2.32. The van der Waals surface area contributed by atoms with Crippen LogP contribution in [0, 0.1) is 5.92 Å². The van der Waals surface area contributed by atoms with Crippen molar-refractivity contribution in [3.05, 3.63) is 29.3 Å². The molecule has 0 unspecified atom stereocenters. The first-order valence-corrected chi connectivity index (χ1v) is 8.54. The molecule has 0 aliphatic heterocycles. The Balaban J connectivity index is 2.10. The van der Waals surface area contributed by atoms with Gasteiger partial charge in [0.2, 0.25) is 10.0 Å². The second-order valence-electron chi connectivity index (χ2n) is 5.25. The maximum atomic E-state index is 12.4. The van der Waals surface area contributed by atoms with Gasteiger partial charge in [0.05, 0.1) is 4.90 Å². The van der Waals surface area contributed by atoms with Crippen LogP contribution in [0.25, 0.3) is 0 Å². The van der Waals surface area contributed by atoms with Crippen molar-refractivity contribution in [2.75, 3.05) is 13.6 Å². The molecule has 19 heavy (non-hydrogen) atoms. The van der Waals surface area contributed by atoms with Crippen molar-refractivity contribution in [1.29, 1.82) is 0 Å². The monoisotopic (exact) mass is 301 g/mol. The molecule has 3 nitrogen and oxygen atoms in total. The van der Waals surface area contributed by atoms with Crippen molar-refractivity contribution in [3.63, 3.8) is 0 Å². The third-order valence-corrected chi connectivity index (χ3v) is 5.80. The van der Waals surface area contributed by atoms with Crippen LogP contribution in [0.15, 0.2) is 29.2 Å². The third-order valence-electron chi connectivity index (χ3n) is 3.74. The molecular formula is C14H20ClNO2S. The molecule has 0 N–H and O–H groups in total. The molecule has 0 radical (unpaired) electrons. The first-order chi connectivity index (χ1) is 9.00. The fraction of sp³-hybridized carbons (Fsp3) is 0.571. The Morgan fingerprint density at radius 3 is 2.58 bits per heavy atom. The number of halogens is 1. The highest BCUT2D eigenvalue weighted by molar-refractivity contribution is 7.89. The molecule has 1 aliphatic carbocycles. The summed E-state index contributed by atoms with van der Waals surface area (Å²) < 4.78 is 26.3. The normalized spacial score (nSPS) is 17.8. The average molecular weight is 302 g/mol. The number of hydrogen-bond donors (Lipinski definition) is 0. The molecule has 1 aromatic rings. The molecular weight excluding hydrogens is 282 g/mol. The standard InChI is InChI=1S/C14H20ClNO2S/c1-16(11-12-6-3-2-4-7-12)19(17,18)14-9-5-8-13(15)10-14/h5,8-10,12H,2-4,6-7,11H2,1H3. The lowest BCUT2D eigenvalue weighted by Gasteiger charge is -2.26. The van der Waals surface area contributed by atoms with Gasteiger partial charge in [0.15, 0.2) is 0 Å². The van der Waals surface area contributed by atoms with Gasteiger partial charge in [-0.15, -0.1) is 0 Å². The Morgan fingerprint density at radius 2 is 1.95 bits per heavy atom. The lowest BCUT2D eigenvalue weighted by atomic mass is 9.89. The molecule has 1 aromatic carbocycles. The summed E-state index contributed by atoms with van der Waals surface area (Å²) in [6.07, 6.45) is 5.98. The van der Waals surface area contributed by atoms with Crippen molar-refractivity contribution in [2.24, 2.45) is 5.92 Å². The summed E-state index contributed by atoms with van der Waals surface area (Å²) in [6, 6.07) is 6.46. The fourth-order valence-electron chi connectivity index (χ4n) is 2.64. The summed E-state index contributed by atoms with van der Waals surface area (Å²) in [7, 11) is -1.75. The summed E-state index contributed by atoms with van der Waals surface area (Å²) in [4.78, 5) is 0.276. The molecule has 0 atom stereocenters. The Labute approximate surface area is 120 Å². The zero-order chi connectivity index (χ0) is 13.9. The van der Waals surface area contributed by atoms with Crippen LogP contribution in [-0.4, -0.2) is 26.3 Å². The Bertz CT molecular complexity index is 524. The van der Waals surface area contributed by atoms with Crippen LogP contribution >= 0.6 is 11.6 Å². The van der Waals surface area contributed by atoms with Gasteiger partial charge < -0.3 is 0 Å². The zero-order valence-corrected chi connectivity index (χ0v) is 12.8. The van der Waals surface area contributed by atoms with E-state index in [9.17, 15) is 8.42 Å². The number of nitrogens with zero attached hydrogens (tertiary/aromatic N) is 1. The SMILES string of the molecule is CN(CC1CCCCC1)S(=O)(=O)c1cccc(Cl)c1. The van der Waals surface area contributed by atoms with E-state index in [0.29, 0.717) is 17.5 Å². The largest absolute Gasteiger partial charge is 0.242 e. The van der Waals surface area contributed by atoms with Crippen LogP contribution in [0.4, 0.5) is 0 Å². The van der Waals surface area contributed by atoms with E-state index in [-0.39, 0.29) is 4.90 Å². The molecule has 0 aromatic heterocycles. The zero-order valence-electron chi connectivity index (χ0n) is 11.2. The van der Waals surface area contributed by atoms with Gasteiger partial charge in [0.1, 0.15) is 0 Å². The van der Waals surface area contributed by atoms with Crippen molar-refractivity contribution in [3.8, 4) is 0 Å². The molecule has 0 bridgehead atoms. The van der Waals surface area contributed by atoms with Gasteiger partial charge in [-0.1, -0.05) is 36.9 Å². The summed E-state index contributed by atoms with van der Waals surface area (Å²) >= 11 is 5.86. The van der Waals surface area contributed by atoms with Gasteiger partial charge in [-0.2, -0.15) is 0 Å². The molecule has 106 valence electrons. The van der Waals surface area contributed by atoms with Crippen molar-refractivity contribution < 1.29 is 8.42 Å². The first kappa shape index (κ1) is 14.8. The Morgan fingerprint density at radius 1 is 1.26 bits per heavy atom. The van der Waals surface area contributed by atoms with Crippen LogP contribution in [0.1, 0.15) is 32.1 Å². The summed E-state index contributed by atoms with van der Waals surface area (Å²) in [5, 5.41) is 0.451. The first-order valence-electron chi connectivity index (χ1n) is 6.72. The molecule has 1 fully saturated rings. The van der Waals surface area contributed by atoms with E-state index in [2.05, 4.69) is 0 Å². The number of rotatable bonds is 4. The van der Waals surface area contributed by atoms with Crippen LogP contribution < -0.4 is 0 Å². The second kappa shape index (κ2) is 6.25. The molecule has 0 spiro atoms. The van der Waals surface area contributed by atoms with Crippen molar-refractivity contribution >= 4 is 21.6 Å². The number of hydrogen-bond acceptors (Lipinski definition) is 2. The minimum Gasteiger partial charge on any atom is -0.207 e. The molecule has 5 heteroatoms. The molecule has 0 heterocycles. The van der Waals surface area contributed by atoms with Crippen LogP contribution in [-0.2, 0) is 10.0 Å². The van der Waals surface area contributed by atoms with Gasteiger partial charge in [-0.3, -0.25) is 0 Å².